The molecule has 0 aromatic carbocycles. The maximum Gasteiger partial charge on any atom is 0.271 e. The molecule has 1 saturated carbocycles. The lowest BCUT2D eigenvalue weighted by molar-refractivity contribution is -0.133. The third-order valence-electron chi connectivity index (χ3n) is 4.66. The van der Waals surface area contributed by atoms with Crippen LogP contribution in [-0.2, 0) is 4.79 Å². The van der Waals surface area contributed by atoms with E-state index in [9.17, 15) is 9.59 Å². The van der Waals surface area contributed by atoms with Crippen molar-refractivity contribution in [2.45, 2.75) is 39.2 Å². The molecule has 1 aromatic heterocycles. The molecule has 2 aliphatic rings. The highest BCUT2D eigenvalue weighted by Crippen LogP contribution is 2.32. The van der Waals surface area contributed by atoms with E-state index in [0.717, 1.165) is 6.54 Å². The summed E-state index contributed by atoms with van der Waals surface area (Å²) in [7, 11) is 0. The highest BCUT2D eigenvalue weighted by atomic mass is 16.2. The van der Waals surface area contributed by atoms with Crippen molar-refractivity contribution in [3.05, 3.63) is 18.0 Å². The summed E-state index contributed by atoms with van der Waals surface area (Å²) in [6, 6.07) is 1.78. The van der Waals surface area contributed by atoms with Gasteiger partial charge in [-0.15, -0.1) is 0 Å². The fraction of sp³-hybridized carbons (Fsp3) is 0.688. The number of rotatable bonds is 4. The number of nitrogens with one attached hydrogen (secondary N) is 1. The second kappa shape index (κ2) is 6.10. The van der Waals surface area contributed by atoms with Gasteiger partial charge in [-0.05, 0) is 30.7 Å². The van der Waals surface area contributed by atoms with Gasteiger partial charge < -0.3 is 9.80 Å². The zero-order valence-electron chi connectivity index (χ0n) is 13.3. The van der Waals surface area contributed by atoms with Crippen LogP contribution in [0.25, 0.3) is 0 Å². The number of amides is 2. The van der Waals surface area contributed by atoms with E-state index in [-0.39, 0.29) is 17.9 Å². The molecular formula is C16H24N4O2. The third-order valence-corrected chi connectivity index (χ3v) is 4.66. The van der Waals surface area contributed by atoms with Crippen molar-refractivity contribution in [2.75, 3.05) is 19.6 Å². The first-order valence-electron chi connectivity index (χ1n) is 8.14. The largest absolute Gasteiger partial charge is 0.337 e. The molecule has 6 nitrogen and oxygen atoms in total. The molecule has 0 bridgehead atoms. The van der Waals surface area contributed by atoms with Crippen LogP contribution in [0.4, 0.5) is 0 Å². The summed E-state index contributed by atoms with van der Waals surface area (Å²) in [5, 5.41) is 6.57. The molecule has 1 unspecified atom stereocenters. The van der Waals surface area contributed by atoms with E-state index in [1.54, 1.807) is 17.2 Å². The van der Waals surface area contributed by atoms with E-state index in [1.165, 1.54) is 12.8 Å². The summed E-state index contributed by atoms with van der Waals surface area (Å²) in [5.41, 5.74) is 0.491. The van der Waals surface area contributed by atoms with Crippen molar-refractivity contribution in [1.82, 2.24) is 20.0 Å². The van der Waals surface area contributed by atoms with Gasteiger partial charge >= 0.3 is 0 Å². The number of H-pyrrole nitrogens is 1. The fourth-order valence-electron chi connectivity index (χ4n) is 3.09. The maximum absolute atomic E-state index is 12.6. The topological polar surface area (TPSA) is 69.3 Å². The van der Waals surface area contributed by atoms with Crippen molar-refractivity contribution in [3.8, 4) is 0 Å². The van der Waals surface area contributed by atoms with Gasteiger partial charge in [0.15, 0.2) is 0 Å². The Hall–Kier alpha value is -1.85. The minimum atomic E-state index is -0.0655. The fourth-order valence-corrected chi connectivity index (χ4v) is 3.09. The van der Waals surface area contributed by atoms with E-state index >= 15 is 0 Å². The monoisotopic (exact) mass is 304 g/mol. The van der Waals surface area contributed by atoms with Crippen LogP contribution in [0.3, 0.4) is 0 Å². The Kier molecular flexibility index (Phi) is 4.18. The lowest BCUT2D eigenvalue weighted by Gasteiger charge is -2.34. The van der Waals surface area contributed by atoms with Gasteiger partial charge in [-0.2, -0.15) is 5.10 Å². The van der Waals surface area contributed by atoms with Crippen molar-refractivity contribution in [2.24, 2.45) is 11.8 Å². The molecule has 0 spiro atoms. The predicted octanol–water partition coefficient (Wildman–Crippen LogP) is 1.52. The molecule has 1 atom stereocenters. The van der Waals surface area contributed by atoms with Crippen LogP contribution < -0.4 is 0 Å². The Morgan fingerprint density at radius 1 is 1.45 bits per heavy atom. The molecule has 1 N–H and O–H groups in total. The summed E-state index contributed by atoms with van der Waals surface area (Å²) >= 11 is 0. The van der Waals surface area contributed by atoms with Crippen molar-refractivity contribution in [1.29, 1.82) is 0 Å². The van der Waals surface area contributed by atoms with Gasteiger partial charge in [0.05, 0.1) is 6.04 Å². The molecule has 3 rings (SSSR count). The van der Waals surface area contributed by atoms with Crippen LogP contribution in [0.5, 0.6) is 0 Å². The van der Waals surface area contributed by atoms with Gasteiger partial charge in [-0.3, -0.25) is 14.7 Å². The summed E-state index contributed by atoms with van der Waals surface area (Å²) in [6.07, 6.45) is 4.45. The summed E-state index contributed by atoms with van der Waals surface area (Å²) in [6.45, 7) is 6.20. The quantitative estimate of drug-likeness (QED) is 0.917. The van der Waals surface area contributed by atoms with Gasteiger partial charge in [0, 0.05) is 32.3 Å². The number of hydrogen-bond donors (Lipinski definition) is 1. The van der Waals surface area contributed by atoms with E-state index in [2.05, 4.69) is 24.0 Å². The molecule has 0 radical (unpaired) electrons. The Labute approximate surface area is 130 Å². The SMILES string of the molecule is CC(C)C1CN(C(=O)c2ccn[nH]2)CCC(=O)N1CC1CC1. The van der Waals surface area contributed by atoms with Gasteiger partial charge in [0.25, 0.3) is 5.91 Å². The summed E-state index contributed by atoms with van der Waals surface area (Å²) in [4.78, 5) is 28.9. The second-order valence-corrected chi connectivity index (χ2v) is 6.77. The summed E-state index contributed by atoms with van der Waals surface area (Å²) < 4.78 is 0. The lowest BCUT2D eigenvalue weighted by atomic mass is 10.0. The molecule has 2 amide bonds. The first-order valence-corrected chi connectivity index (χ1v) is 8.14. The average molecular weight is 304 g/mol. The molecular weight excluding hydrogens is 280 g/mol. The van der Waals surface area contributed by atoms with Gasteiger partial charge in [0.1, 0.15) is 5.69 Å². The van der Waals surface area contributed by atoms with Crippen molar-refractivity contribution < 1.29 is 9.59 Å². The number of carbonyl (C=O) groups excluding carboxylic acids is 2. The number of aromatic nitrogens is 2. The molecule has 6 heteroatoms. The Bertz CT molecular complexity index is 536. The molecule has 2 fully saturated rings. The Balaban J connectivity index is 1.77. The minimum Gasteiger partial charge on any atom is -0.337 e. The third kappa shape index (κ3) is 3.15. The summed E-state index contributed by atoms with van der Waals surface area (Å²) in [5.74, 6) is 1.12. The second-order valence-electron chi connectivity index (χ2n) is 6.77. The van der Waals surface area contributed by atoms with E-state index < -0.39 is 0 Å². The van der Waals surface area contributed by atoms with Crippen LogP contribution >= 0.6 is 0 Å². The normalized spacial score (nSPS) is 23.0. The molecule has 1 saturated heterocycles. The Morgan fingerprint density at radius 2 is 2.23 bits per heavy atom. The maximum atomic E-state index is 12.6. The van der Waals surface area contributed by atoms with Crippen LogP contribution in [0.1, 0.15) is 43.6 Å². The number of nitrogens with zero attached hydrogens (tertiary/aromatic N) is 3. The van der Waals surface area contributed by atoms with Crippen LogP contribution in [0.15, 0.2) is 12.3 Å². The molecule has 1 aromatic rings. The van der Waals surface area contributed by atoms with Crippen molar-refractivity contribution >= 4 is 11.8 Å². The Morgan fingerprint density at radius 3 is 2.82 bits per heavy atom. The zero-order valence-corrected chi connectivity index (χ0v) is 13.3. The van der Waals surface area contributed by atoms with Gasteiger partial charge in [-0.25, -0.2) is 0 Å². The highest BCUT2D eigenvalue weighted by Gasteiger charge is 2.36. The van der Waals surface area contributed by atoms with E-state index in [0.29, 0.717) is 37.0 Å². The average Bonchev–Trinajstić information content (AvgIpc) is 3.18. The molecule has 1 aliphatic heterocycles. The first-order chi connectivity index (χ1) is 10.6. The predicted molar refractivity (Wildman–Crippen MR) is 82.2 cm³/mol. The standard InChI is InChI=1S/C16H24N4O2/c1-11(2)14-10-19(16(22)13-5-7-17-18-13)8-6-15(21)20(14)9-12-3-4-12/h5,7,11-12,14H,3-4,6,8-10H2,1-2H3,(H,17,18). The first kappa shape index (κ1) is 15.1. The van der Waals surface area contributed by atoms with Gasteiger partial charge in [0.2, 0.25) is 5.91 Å². The van der Waals surface area contributed by atoms with Crippen LogP contribution in [-0.4, -0.2) is 57.5 Å². The molecule has 120 valence electrons. The minimum absolute atomic E-state index is 0.0655. The molecule has 22 heavy (non-hydrogen) atoms. The number of aromatic amines is 1. The number of carbonyl (C=O) groups is 2. The highest BCUT2D eigenvalue weighted by molar-refractivity contribution is 5.92. The smallest absolute Gasteiger partial charge is 0.271 e. The van der Waals surface area contributed by atoms with Crippen molar-refractivity contribution in [3.63, 3.8) is 0 Å². The van der Waals surface area contributed by atoms with Crippen LogP contribution in [0, 0.1) is 11.8 Å². The van der Waals surface area contributed by atoms with E-state index in [1.807, 2.05) is 4.90 Å². The van der Waals surface area contributed by atoms with E-state index in [4.69, 9.17) is 0 Å². The number of hydrogen-bond acceptors (Lipinski definition) is 3. The van der Waals surface area contributed by atoms with Gasteiger partial charge in [-0.1, -0.05) is 13.8 Å². The zero-order chi connectivity index (χ0) is 15.7. The van der Waals surface area contributed by atoms with Crippen LogP contribution in [0.2, 0.25) is 0 Å². The molecule has 1 aliphatic carbocycles. The lowest BCUT2D eigenvalue weighted by Crippen LogP contribution is -2.48. The molecule has 2 heterocycles.